The topological polar surface area (TPSA) is 80.8 Å². The predicted octanol–water partition coefficient (Wildman–Crippen LogP) is 1.91. The first kappa shape index (κ1) is 17.7. The van der Waals surface area contributed by atoms with E-state index in [1.165, 1.54) is 11.8 Å². The number of hydrogen-bond donors (Lipinski definition) is 1. The maximum atomic E-state index is 12.9. The zero-order chi connectivity index (χ0) is 18.7. The van der Waals surface area contributed by atoms with Gasteiger partial charge < -0.3 is 14.8 Å². The van der Waals surface area contributed by atoms with Crippen LogP contribution >= 0.6 is 0 Å². The third kappa shape index (κ3) is 3.08. The molecular weight excluding hydrogens is 334 g/mol. The Morgan fingerprint density at radius 1 is 1.35 bits per heavy atom. The van der Waals surface area contributed by atoms with E-state index in [2.05, 4.69) is 10.3 Å². The Balaban J connectivity index is 1.80. The number of aromatic nitrogens is 1. The molecule has 0 aliphatic carbocycles. The summed E-state index contributed by atoms with van der Waals surface area (Å²) in [4.78, 5) is 31.3. The summed E-state index contributed by atoms with van der Waals surface area (Å²) >= 11 is 0. The molecule has 1 aromatic carbocycles. The van der Waals surface area contributed by atoms with Crippen LogP contribution < -0.4 is 19.7 Å². The van der Waals surface area contributed by atoms with E-state index in [9.17, 15) is 9.59 Å². The van der Waals surface area contributed by atoms with E-state index >= 15 is 0 Å². The fourth-order valence-corrected chi connectivity index (χ4v) is 2.85. The highest BCUT2D eigenvalue weighted by Crippen LogP contribution is 2.35. The first-order valence-corrected chi connectivity index (χ1v) is 8.37. The molecule has 7 heteroatoms. The smallest absolute Gasteiger partial charge is 0.282 e. The lowest BCUT2D eigenvalue weighted by molar-refractivity contribution is -0.148. The molecule has 0 saturated heterocycles. The number of methoxy groups -OCH3 is 1. The maximum Gasteiger partial charge on any atom is 0.282 e. The Kier molecular flexibility index (Phi) is 4.79. The van der Waals surface area contributed by atoms with E-state index < -0.39 is 17.4 Å². The van der Waals surface area contributed by atoms with Crippen LogP contribution in [-0.4, -0.2) is 36.1 Å². The number of benzene rings is 1. The summed E-state index contributed by atoms with van der Waals surface area (Å²) < 4.78 is 10.9. The molecule has 0 radical (unpaired) electrons. The number of carbonyl (C=O) groups is 2. The van der Waals surface area contributed by atoms with Crippen LogP contribution in [0, 0.1) is 0 Å². The molecule has 2 heterocycles. The van der Waals surface area contributed by atoms with Crippen LogP contribution in [0.4, 0.5) is 5.82 Å². The van der Waals surface area contributed by atoms with Crippen LogP contribution in [0.3, 0.4) is 0 Å². The highest BCUT2D eigenvalue weighted by atomic mass is 16.5. The van der Waals surface area contributed by atoms with Gasteiger partial charge in [-0.05, 0) is 43.7 Å². The van der Waals surface area contributed by atoms with Gasteiger partial charge in [-0.1, -0.05) is 12.1 Å². The zero-order valence-corrected chi connectivity index (χ0v) is 15.0. The third-order valence-electron chi connectivity index (χ3n) is 4.31. The average Bonchev–Trinajstić information content (AvgIpc) is 2.67. The van der Waals surface area contributed by atoms with Crippen LogP contribution in [0.15, 0.2) is 42.6 Å². The lowest BCUT2D eigenvalue weighted by Gasteiger charge is -2.38. The molecule has 3 rings (SSSR count). The van der Waals surface area contributed by atoms with Gasteiger partial charge in [-0.25, -0.2) is 4.98 Å². The predicted molar refractivity (Wildman–Crippen MR) is 96.1 cm³/mol. The van der Waals surface area contributed by atoms with Gasteiger partial charge in [0.05, 0.1) is 7.11 Å². The Labute approximate surface area is 151 Å². The lowest BCUT2D eigenvalue weighted by Crippen LogP contribution is -2.62. The molecule has 1 aliphatic heterocycles. The number of hydrogen-bond acceptors (Lipinski definition) is 5. The number of anilines is 1. The summed E-state index contributed by atoms with van der Waals surface area (Å²) in [5, 5.41) is 2.78. The lowest BCUT2D eigenvalue weighted by atomic mass is 10.0. The highest BCUT2D eigenvalue weighted by Gasteiger charge is 2.50. The standard InChI is InChI=1S/C19H21N3O4/c1-4-22-16-15(9-6-10-20-16)26-19(2,18(22)24)17(23)21-12-13-7-5-8-14(11-13)25-3/h5-11H,4,12H2,1-3H3,(H,21,23)/t19-/m0/s1. The second kappa shape index (κ2) is 7.03. The molecule has 1 N–H and O–H groups in total. The number of carbonyl (C=O) groups excluding carboxylic acids is 2. The van der Waals surface area contributed by atoms with Crippen molar-refractivity contribution in [3.8, 4) is 11.5 Å². The van der Waals surface area contributed by atoms with Crippen molar-refractivity contribution in [2.24, 2.45) is 0 Å². The summed E-state index contributed by atoms with van der Waals surface area (Å²) in [6, 6.07) is 10.8. The van der Waals surface area contributed by atoms with Crippen molar-refractivity contribution in [2.75, 3.05) is 18.6 Å². The van der Waals surface area contributed by atoms with Gasteiger partial charge in [0.15, 0.2) is 11.6 Å². The molecule has 7 nitrogen and oxygen atoms in total. The number of fused-ring (bicyclic) bond motifs is 1. The van der Waals surface area contributed by atoms with Gasteiger partial charge in [0, 0.05) is 19.3 Å². The summed E-state index contributed by atoms with van der Waals surface area (Å²) in [6.07, 6.45) is 1.59. The number of ether oxygens (including phenoxy) is 2. The zero-order valence-electron chi connectivity index (χ0n) is 15.0. The Bertz CT molecular complexity index is 839. The molecule has 0 bridgehead atoms. The third-order valence-corrected chi connectivity index (χ3v) is 4.31. The van der Waals surface area contributed by atoms with E-state index in [1.807, 2.05) is 31.2 Å². The van der Waals surface area contributed by atoms with Gasteiger partial charge in [0.2, 0.25) is 0 Å². The number of likely N-dealkylation sites (N-methyl/N-ethyl adjacent to an activating group) is 1. The van der Waals surface area contributed by atoms with Gasteiger partial charge in [0.1, 0.15) is 5.75 Å². The second-order valence-corrected chi connectivity index (χ2v) is 6.04. The summed E-state index contributed by atoms with van der Waals surface area (Å²) in [6.45, 7) is 3.96. The number of rotatable bonds is 5. The van der Waals surface area contributed by atoms with Crippen molar-refractivity contribution in [3.05, 3.63) is 48.2 Å². The maximum absolute atomic E-state index is 12.9. The Morgan fingerprint density at radius 3 is 2.88 bits per heavy atom. The molecule has 2 amide bonds. The molecule has 0 spiro atoms. The van der Waals surface area contributed by atoms with Crippen LogP contribution in [0.5, 0.6) is 11.5 Å². The molecule has 1 atom stereocenters. The van der Waals surface area contributed by atoms with Gasteiger partial charge >= 0.3 is 0 Å². The first-order valence-electron chi connectivity index (χ1n) is 8.37. The minimum atomic E-state index is -1.65. The molecular formula is C19H21N3O4. The minimum Gasteiger partial charge on any atom is -0.497 e. The first-order chi connectivity index (χ1) is 12.5. The van der Waals surface area contributed by atoms with E-state index in [-0.39, 0.29) is 6.54 Å². The van der Waals surface area contributed by atoms with Gasteiger partial charge in [0.25, 0.3) is 17.4 Å². The van der Waals surface area contributed by atoms with E-state index in [0.29, 0.717) is 23.9 Å². The average molecular weight is 355 g/mol. The van der Waals surface area contributed by atoms with E-state index in [0.717, 1.165) is 5.56 Å². The van der Waals surface area contributed by atoms with Gasteiger partial charge in [-0.3, -0.25) is 14.5 Å². The molecule has 0 unspecified atom stereocenters. The van der Waals surface area contributed by atoms with Crippen LogP contribution in [0.1, 0.15) is 19.4 Å². The molecule has 0 fully saturated rings. The van der Waals surface area contributed by atoms with Crippen molar-refractivity contribution in [2.45, 2.75) is 26.0 Å². The fourth-order valence-electron chi connectivity index (χ4n) is 2.85. The molecule has 0 saturated carbocycles. The number of amides is 2. The Morgan fingerprint density at radius 2 is 2.15 bits per heavy atom. The van der Waals surface area contributed by atoms with Crippen LogP contribution in [0.2, 0.25) is 0 Å². The monoisotopic (exact) mass is 355 g/mol. The quantitative estimate of drug-likeness (QED) is 0.829. The molecule has 26 heavy (non-hydrogen) atoms. The molecule has 136 valence electrons. The molecule has 1 aromatic heterocycles. The van der Waals surface area contributed by atoms with Gasteiger partial charge in [-0.15, -0.1) is 0 Å². The van der Waals surface area contributed by atoms with Crippen LogP contribution in [-0.2, 0) is 16.1 Å². The van der Waals surface area contributed by atoms with Gasteiger partial charge in [-0.2, -0.15) is 0 Å². The molecule has 2 aromatic rings. The largest absolute Gasteiger partial charge is 0.497 e. The normalized spacial score (nSPS) is 18.7. The summed E-state index contributed by atoms with van der Waals surface area (Å²) in [7, 11) is 1.58. The fraction of sp³-hybridized carbons (Fsp3) is 0.316. The van der Waals surface area contributed by atoms with E-state index in [4.69, 9.17) is 9.47 Å². The second-order valence-electron chi connectivity index (χ2n) is 6.04. The van der Waals surface area contributed by atoms with Crippen molar-refractivity contribution >= 4 is 17.6 Å². The SMILES string of the molecule is CCN1C(=O)[C@](C)(C(=O)NCc2cccc(OC)c2)Oc2cccnc21. The summed E-state index contributed by atoms with van der Waals surface area (Å²) in [5.74, 6) is 0.601. The van der Waals surface area contributed by atoms with Crippen molar-refractivity contribution in [1.29, 1.82) is 0 Å². The number of nitrogens with zero attached hydrogens (tertiary/aromatic N) is 2. The van der Waals surface area contributed by atoms with Crippen molar-refractivity contribution in [1.82, 2.24) is 10.3 Å². The van der Waals surface area contributed by atoms with E-state index in [1.54, 1.807) is 25.4 Å². The molecule has 1 aliphatic rings. The summed E-state index contributed by atoms with van der Waals surface area (Å²) in [5.41, 5.74) is -0.788. The number of nitrogens with one attached hydrogen (secondary N) is 1. The minimum absolute atomic E-state index is 0.258. The highest BCUT2D eigenvalue weighted by molar-refractivity contribution is 6.16. The number of pyridine rings is 1. The van der Waals surface area contributed by atoms with Crippen molar-refractivity contribution in [3.63, 3.8) is 0 Å². The van der Waals surface area contributed by atoms with Crippen molar-refractivity contribution < 1.29 is 19.1 Å². The Hall–Kier alpha value is -3.09. The van der Waals surface area contributed by atoms with Crippen LogP contribution in [0.25, 0.3) is 0 Å².